The number of carbonyl (C=O) groups is 1. The average Bonchev–Trinajstić information content (AvgIpc) is 3.08. The standard InChI is InChI=1S/C16H18N2O5/c1-9-13-12(23-15(9)16(19)20)3-2-10-6-18(17-14(10)13)7-11-8-21-4-5-22-11/h6,11H,2-5,7-8H2,1H3,(H,19,20)/t11-/m0/s1. The van der Waals surface area contributed by atoms with Gasteiger partial charge < -0.3 is 19.0 Å². The summed E-state index contributed by atoms with van der Waals surface area (Å²) >= 11 is 0. The van der Waals surface area contributed by atoms with E-state index in [1.807, 2.05) is 10.9 Å². The quantitative estimate of drug-likeness (QED) is 0.926. The first kappa shape index (κ1) is 14.5. The predicted octanol–water partition coefficient (Wildman–Crippen LogP) is 1.66. The fourth-order valence-corrected chi connectivity index (χ4v) is 3.31. The number of furan rings is 1. The molecule has 23 heavy (non-hydrogen) atoms. The largest absolute Gasteiger partial charge is 0.475 e. The van der Waals surface area contributed by atoms with Gasteiger partial charge in [-0.05, 0) is 18.9 Å². The highest BCUT2D eigenvalue weighted by Gasteiger charge is 2.30. The lowest BCUT2D eigenvalue weighted by Crippen LogP contribution is -2.32. The Balaban J connectivity index is 1.67. The van der Waals surface area contributed by atoms with Crippen molar-refractivity contribution in [3.63, 3.8) is 0 Å². The second-order valence-electron chi connectivity index (χ2n) is 5.95. The lowest BCUT2D eigenvalue weighted by atomic mass is 9.94. The summed E-state index contributed by atoms with van der Waals surface area (Å²) in [5, 5.41) is 13.9. The molecule has 122 valence electrons. The van der Waals surface area contributed by atoms with Crippen LogP contribution in [-0.4, -0.2) is 46.8 Å². The van der Waals surface area contributed by atoms with Crippen molar-refractivity contribution in [3.05, 3.63) is 28.8 Å². The normalized spacial score (nSPS) is 20.1. The molecule has 0 radical (unpaired) electrons. The molecule has 2 aromatic rings. The van der Waals surface area contributed by atoms with Crippen molar-refractivity contribution < 1.29 is 23.8 Å². The number of aromatic carboxylic acids is 1. The Bertz CT molecular complexity index is 755. The molecule has 0 unspecified atom stereocenters. The molecule has 3 heterocycles. The Hall–Kier alpha value is -2.12. The van der Waals surface area contributed by atoms with Gasteiger partial charge in [-0.2, -0.15) is 5.10 Å². The van der Waals surface area contributed by atoms with Crippen LogP contribution < -0.4 is 0 Å². The molecular weight excluding hydrogens is 300 g/mol. The van der Waals surface area contributed by atoms with Crippen LogP contribution in [0.1, 0.15) is 27.4 Å². The summed E-state index contributed by atoms with van der Waals surface area (Å²) in [4.78, 5) is 11.3. The third-order valence-corrected chi connectivity index (χ3v) is 4.39. The molecule has 7 heteroatoms. The molecule has 1 saturated heterocycles. The highest BCUT2D eigenvalue weighted by atomic mass is 16.6. The summed E-state index contributed by atoms with van der Waals surface area (Å²) in [5.41, 5.74) is 3.44. The van der Waals surface area contributed by atoms with E-state index in [4.69, 9.17) is 13.9 Å². The lowest BCUT2D eigenvalue weighted by molar-refractivity contribution is -0.0946. The fraction of sp³-hybridized carbons (Fsp3) is 0.500. The van der Waals surface area contributed by atoms with Crippen molar-refractivity contribution in [2.45, 2.75) is 32.4 Å². The number of aryl methyl sites for hydroxylation is 2. The van der Waals surface area contributed by atoms with Gasteiger partial charge in [0.15, 0.2) is 0 Å². The smallest absolute Gasteiger partial charge is 0.372 e. The maximum atomic E-state index is 11.3. The SMILES string of the molecule is Cc1c(C(=O)O)oc2c1-c1nn(C[C@H]3COCCO3)cc1CC2. The molecule has 1 aliphatic carbocycles. The van der Waals surface area contributed by atoms with Gasteiger partial charge in [0.25, 0.3) is 0 Å². The molecule has 0 bridgehead atoms. The number of hydrogen-bond acceptors (Lipinski definition) is 5. The average molecular weight is 318 g/mol. The van der Waals surface area contributed by atoms with E-state index in [1.165, 1.54) is 0 Å². The molecule has 4 rings (SSSR count). The Kier molecular flexibility index (Phi) is 3.46. The van der Waals surface area contributed by atoms with Crippen molar-refractivity contribution in [3.8, 4) is 11.3 Å². The Labute approximate surface area is 132 Å². The van der Waals surface area contributed by atoms with Gasteiger partial charge in [-0.15, -0.1) is 0 Å². The molecule has 2 aromatic heterocycles. The van der Waals surface area contributed by atoms with E-state index < -0.39 is 5.97 Å². The van der Waals surface area contributed by atoms with Crippen molar-refractivity contribution in [1.29, 1.82) is 0 Å². The zero-order valence-corrected chi connectivity index (χ0v) is 12.9. The van der Waals surface area contributed by atoms with Crippen LogP contribution in [0.25, 0.3) is 11.3 Å². The highest BCUT2D eigenvalue weighted by Crippen LogP contribution is 2.38. The van der Waals surface area contributed by atoms with E-state index in [0.717, 1.165) is 29.0 Å². The zero-order valence-electron chi connectivity index (χ0n) is 12.9. The number of ether oxygens (including phenoxy) is 2. The summed E-state index contributed by atoms with van der Waals surface area (Å²) in [6.07, 6.45) is 3.52. The monoisotopic (exact) mass is 318 g/mol. The maximum absolute atomic E-state index is 11.3. The first-order valence-corrected chi connectivity index (χ1v) is 7.75. The molecule has 0 spiro atoms. The molecular formula is C16H18N2O5. The van der Waals surface area contributed by atoms with Gasteiger partial charge in [0.05, 0.1) is 32.1 Å². The Morgan fingerprint density at radius 1 is 1.43 bits per heavy atom. The van der Waals surface area contributed by atoms with Gasteiger partial charge in [-0.25, -0.2) is 4.79 Å². The van der Waals surface area contributed by atoms with Gasteiger partial charge in [-0.1, -0.05) is 0 Å². The van der Waals surface area contributed by atoms with Crippen LogP contribution in [0.5, 0.6) is 0 Å². The number of hydrogen-bond donors (Lipinski definition) is 1. The molecule has 0 amide bonds. The zero-order chi connectivity index (χ0) is 16.0. The van der Waals surface area contributed by atoms with Crippen LogP contribution in [-0.2, 0) is 28.9 Å². The summed E-state index contributed by atoms with van der Waals surface area (Å²) < 4.78 is 18.5. The lowest BCUT2D eigenvalue weighted by Gasteiger charge is -2.22. The van der Waals surface area contributed by atoms with Crippen molar-refractivity contribution in [2.75, 3.05) is 19.8 Å². The number of carboxylic acids is 1. The summed E-state index contributed by atoms with van der Waals surface area (Å²) in [5.74, 6) is -0.304. The van der Waals surface area contributed by atoms with E-state index in [2.05, 4.69) is 5.10 Å². The van der Waals surface area contributed by atoms with E-state index >= 15 is 0 Å². The minimum atomic E-state index is -1.04. The van der Waals surface area contributed by atoms with Crippen molar-refractivity contribution >= 4 is 5.97 Å². The molecule has 0 saturated carbocycles. The van der Waals surface area contributed by atoms with Crippen molar-refractivity contribution in [1.82, 2.24) is 9.78 Å². The van der Waals surface area contributed by atoms with E-state index in [0.29, 0.717) is 38.3 Å². The topological polar surface area (TPSA) is 86.7 Å². The third-order valence-electron chi connectivity index (χ3n) is 4.39. The second kappa shape index (κ2) is 5.50. The predicted molar refractivity (Wildman–Crippen MR) is 79.6 cm³/mol. The minimum Gasteiger partial charge on any atom is -0.475 e. The number of rotatable bonds is 3. The molecule has 1 N–H and O–H groups in total. The molecule has 1 aliphatic heterocycles. The highest BCUT2D eigenvalue weighted by molar-refractivity contribution is 5.90. The molecule has 7 nitrogen and oxygen atoms in total. The summed E-state index contributed by atoms with van der Waals surface area (Å²) in [6, 6.07) is 0. The summed E-state index contributed by atoms with van der Waals surface area (Å²) in [6.45, 7) is 4.23. The summed E-state index contributed by atoms with van der Waals surface area (Å²) in [7, 11) is 0. The van der Waals surface area contributed by atoms with E-state index in [-0.39, 0.29) is 11.9 Å². The Morgan fingerprint density at radius 3 is 3.04 bits per heavy atom. The van der Waals surface area contributed by atoms with Crippen LogP contribution in [0.3, 0.4) is 0 Å². The van der Waals surface area contributed by atoms with Gasteiger partial charge in [-0.3, -0.25) is 4.68 Å². The van der Waals surface area contributed by atoms with Crippen LogP contribution in [0.4, 0.5) is 0 Å². The first-order chi connectivity index (χ1) is 11.1. The van der Waals surface area contributed by atoms with Crippen LogP contribution in [0, 0.1) is 6.92 Å². The molecule has 0 aromatic carbocycles. The molecule has 2 aliphatic rings. The van der Waals surface area contributed by atoms with E-state index in [9.17, 15) is 9.90 Å². The van der Waals surface area contributed by atoms with Gasteiger partial charge >= 0.3 is 5.97 Å². The second-order valence-corrected chi connectivity index (χ2v) is 5.95. The van der Waals surface area contributed by atoms with E-state index in [1.54, 1.807) is 6.92 Å². The number of aromatic nitrogens is 2. The number of fused-ring (bicyclic) bond motifs is 3. The first-order valence-electron chi connectivity index (χ1n) is 7.75. The van der Waals surface area contributed by atoms with Gasteiger partial charge in [0.1, 0.15) is 11.9 Å². The van der Waals surface area contributed by atoms with Crippen LogP contribution in [0.15, 0.2) is 10.6 Å². The number of nitrogens with zero attached hydrogens (tertiary/aromatic N) is 2. The van der Waals surface area contributed by atoms with Gasteiger partial charge in [0, 0.05) is 23.7 Å². The minimum absolute atomic E-state index is 0.00426. The Morgan fingerprint density at radius 2 is 2.30 bits per heavy atom. The van der Waals surface area contributed by atoms with Crippen LogP contribution in [0.2, 0.25) is 0 Å². The maximum Gasteiger partial charge on any atom is 0.372 e. The number of carboxylic acid groups (broad SMARTS) is 1. The fourth-order valence-electron chi connectivity index (χ4n) is 3.31. The van der Waals surface area contributed by atoms with Crippen LogP contribution >= 0.6 is 0 Å². The molecule has 1 atom stereocenters. The molecule has 1 fully saturated rings. The van der Waals surface area contributed by atoms with Crippen molar-refractivity contribution in [2.24, 2.45) is 0 Å². The van der Waals surface area contributed by atoms with Gasteiger partial charge in [0.2, 0.25) is 5.76 Å². The third kappa shape index (κ3) is 2.46.